The molecule has 22 heavy (non-hydrogen) atoms. The van der Waals surface area contributed by atoms with Crippen LogP contribution in [0.1, 0.15) is 59.3 Å². The highest BCUT2D eigenvalue weighted by Gasteiger charge is 2.62. The zero-order valence-corrected chi connectivity index (χ0v) is 14.0. The summed E-state index contributed by atoms with van der Waals surface area (Å²) in [7, 11) is 0. The number of hydrogen-bond acceptors (Lipinski definition) is 6. The Morgan fingerprint density at radius 1 is 1.14 bits per heavy atom. The minimum atomic E-state index is -1.03. The van der Waals surface area contributed by atoms with Crippen molar-refractivity contribution in [2.24, 2.45) is 5.73 Å². The summed E-state index contributed by atoms with van der Waals surface area (Å²) in [5.41, 5.74) is 5.76. The largest absolute Gasteiger partial charge is 0.394 e. The van der Waals surface area contributed by atoms with E-state index in [1.165, 1.54) is 19.3 Å². The van der Waals surface area contributed by atoms with Gasteiger partial charge in [0.2, 0.25) is 0 Å². The molecule has 0 saturated carbocycles. The first-order valence-corrected chi connectivity index (χ1v) is 8.43. The quantitative estimate of drug-likeness (QED) is 0.584. The van der Waals surface area contributed by atoms with Crippen molar-refractivity contribution in [3.05, 3.63) is 0 Å². The summed E-state index contributed by atoms with van der Waals surface area (Å²) in [5, 5.41) is 19.3. The Labute approximate surface area is 132 Å². The predicted molar refractivity (Wildman–Crippen MR) is 82.1 cm³/mol. The van der Waals surface area contributed by atoms with Gasteiger partial charge in [-0.05, 0) is 20.3 Å². The lowest BCUT2D eigenvalue weighted by molar-refractivity contribution is -0.224. The Kier molecular flexibility index (Phi) is 5.85. The van der Waals surface area contributed by atoms with E-state index in [0.29, 0.717) is 6.42 Å². The summed E-state index contributed by atoms with van der Waals surface area (Å²) < 4.78 is 17.4. The Morgan fingerprint density at radius 3 is 2.45 bits per heavy atom. The molecule has 130 valence electrons. The van der Waals surface area contributed by atoms with E-state index < -0.39 is 35.9 Å². The van der Waals surface area contributed by atoms with Crippen LogP contribution in [0, 0.1) is 0 Å². The number of nitrogens with two attached hydrogens (primary N) is 1. The minimum absolute atomic E-state index is 0.387. The fraction of sp³-hybridized carbons (Fsp3) is 1.00. The fourth-order valence-corrected chi connectivity index (χ4v) is 3.49. The van der Waals surface area contributed by atoms with E-state index >= 15 is 0 Å². The fourth-order valence-electron chi connectivity index (χ4n) is 3.49. The van der Waals surface area contributed by atoms with Crippen LogP contribution in [0.2, 0.25) is 0 Å². The van der Waals surface area contributed by atoms with Gasteiger partial charge >= 0.3 is 0 Å². The van der Waals surface area contributed by atoms with Gasteiger partial charge in [-0.3, -0.25) is 0 Å². The zero-order valence-electron chi connectivity index (χ0n) is 14.0. The zero-order chi connectivity index (χ0) is 16.4. The Balaban J connectivity index is 2.03. The summed E-state index contributed by atoms with van der Waals surface area (Å²) >= 11 is 0. The van der Waals surface area contributed by atoms with Crippen LogP contribution < -0.4 is 5.73 Å². The van der Waals surface area contributed by atoms with Crippen molar-refractivity contribution in [3.63, 3.8) is 0 Å². The molecule has 0 aliphatic carbocycles. The molecule has 0 aromatic heterocycles. The molecule has 0 aromatic rings. The van der Waals surface area contributed by atoms with Gasteiger partial charge in [-0.15, -0.1) is 0 Å². The molecule has 2 saturated heterocycles. The summed E-state index contributed by atoms with van der Waals surface area (Å²) in [5.74, 6) is -0.739. The molecule has 0 amide bonds. The van der Waals surface area contributed by atoms with Gasteiger partial charge < -0.3 is 30.2 Å². The third-order valence-electron chi connectivity index (χ3n) is 4.65. The van der Waals surface area contributed by atoms with Crippen LogP contribution in [0.15, 0.2) is 0 Å². The van der Waals surface area contributed by atoms with Crippen molar-refractivity contribution in [3.8, 4) is 0 Å². The first kappa shape index (κ1) is 18.1. The highest BCUT2D eigenvalue weighted by molar-refractivity contribution is 5.10. The van der Waals surface area contributed by atoms with Gasteiger partial charge in [-0.2, -0.15) is 0 Å². The summed E-state index contributed by atoms with van der Waals surface area (Å²) in [6, 6.07) is 0. The second kappa shape index (κ2) is 7.11. The topological polar surface area (TPSA) is 94.2 Å². The normalized spacial score (nSPS) is 38.2. The second-order valence-corrected chi connectivity index (χ2v) is 7.01. The molecule has 2 aliphatic rings. The highest BCUT2D eigenvalue weighted by atomic mass is 16.8. The van der Waals surface area contributed by atoms with Crippen molar-refractivity contribution < 1.29 is 24.4 Å². The van der Waals surface area contributed by atoms with Crippen molar-refractivity contribution >= 4 is 0 Å². The predicted octanol–water partition coefficient (Wildman–Crippen LogP) is 1.27. The molecule has 2 heterocycles. The molecule has 6 nitrogen and oxygen atoms in total. The van der Waals surface area contributed by atoms with Crippen molar-refractivity contribution in [2.45, 2.75) is 95.2 Å². The van der Waals surface area contributed by atoms with Gasteiger partial charge in [0.1, 0.15) is 18.3 Å². The molecule has 5 atom stereocenters. The first-order valence-electron chi connectivity index (χ1n) is 8.43. The molecular formula is C16H31NO5. The molecule has 0 bridgehead atoms. The van der Waals surface area contributed by atoms with Crippen LogP contribution in [-0.2, 0) is 14.2 Å². The summed E-state index contributed by atoms with van der Waals surface area (Å²) in [6.07, 6.45) is 3.61. The van der Waals surface area contributed by atoms with Crippen LogP contribution in [0.25, 0.3) is 0 Å². The number of fused-ring (bicyclic) bond motifs is 1. The third-order valence-corrected chi connectivity index (χ3v) is 4.65. The number of unbranched alkanes of at least 4 members (excludes halogenated alkanes) is 4. The van der Waals surface area contributed by atoms with Crippen LogP contribution in [0.4, 0.5) is 0 Å². The molecule has 0 radical (unpaired) electrons. The maximum absolute atomic E-state index is 10.1. The molecule has 6 heteroatoms. The lowest BCUT2D eigenvalue weighted by atomic mass is 9.81. The lowest BCUT2D eigenvalue weighted by Gasteiger charge is -2.36. The van der Waals surface area contributed by atoms with E-state index in [2.05, 4.69) is 6.92 Å². The van der Waals surface area contributed by atoms with Crippen LogP contribution in [0.5, 0.6) is 0 Å². The number of aliphatic hydroxyl groups excluding tert-OH is 2. The molecule has 2 aliphatic heterocycles. The molecule has 2 rings (SSSR count). The third kappa shape index (κ3) is 3.63. The number of rotatable bonds is 8. The Bertz CT molecular complexity index is 364. The van der Waals surface area contributed by atoms with E-state index in [4.69, 9.17) is 19.9 Å². The molecule has 0 aromatic carbocycles. The van der Waals surface area contributed by atoms with Gasteiger partial charge in [0.15, 0.2) is 12.1 Å². The van der Waals surface area contributed by atoms with Gasteiger partial charge in [-0.25, -0.2) is 0 Å². The standard InChI is InChI=1S/C16H31NO5/c1-4-5-6-7-8-9-16(17)12(11(19)10-18)20-14-13(16)21-15(2,3)22-14/h11-14,18-19H,4-10,17H2,1-3H3/t11-,12-,13+,14-,16+/m1/s1. The van der Waals surface area contributed by atoms with Gasteiger partial charge in [-0.1, -0.05) is 39.0 Å². The molecule has 0 unspecified atom stereocenters. The maximum atomic E-state index is 10.1. The van der Waals surface area contributed by atoms with E-state index in [0.717, 1.165) is 12.8 Å². The first-order chi connectivity index (χ1) is 10.3. The van der Waals surface area contributed by atoms with Crippen LogP contribution >= 0.6 is 0 Å². The summed E-state index contributed by atoms with van der Waals surface area (Å²) in [4.78, 5) is 0. The van der Waals surface area contributed by atoms with Crippen molar-refractivity contribution in [1.82, 2.24) is 0 Å². The van der Waals surface area contributed by atoms with Gasteiger partial charge in [0.05, 0.1) is 12.1 Å². The maximum Gasteiger partial charge on any atom is 0.189 e. The van der Waals surface area contributed by atoms with E-state index in [9.17, 15) is 10.2 Å². The Morgan fingerprint density at radius 2 is 1.82 bits per heavy atom. The van der Waals surface area contributed by atoms with Crippen molar-refractivity contribution in [2.75, 3.05) is 6.61 Å². The highest BCUT2D eigenvalue weighted by Crippen LogP contribution is 2.44. The van der Waals surface area contributed by atoms with Crippen molar-refractivity contribution in [1.29, 1.82) is 0 Å². The molecule has 4 N–H and O–H groups in total. The van der Waals surface area contributed by atoms with E-state index in [-0.39, 0.29) is 6.61 Å². The van der Waals surface area contributed by atoms with Crippen LogP contribution in [0.3, 0.4) is 0 Å². The number of ether oxygens (including phenoxy) is 3. The summed E-state index contributed by atoms with van der Waals surface area (Å²) in [6.45, 7) is 5.45. The van der Waals surface area contributed by atoms with E-state index in [1.807, 2.05) is 13.8 Å². The lowest BCUT2D eigenvalue weighted by Crippen LogP contribution is -2.60. The molecule has 0 spiro atoms. The van der Waals surface area contributed by atoms with E-state index in [1.54, 1.807) is 0 Å². The smallest absolute Gasteiger partial charge is 0.189 e. The van der Waals surface area contributed by atoms with Gasteiger partial charge in [0.25, 0.3) is 0 Å². The average Bonchev–Trinajstić information content (AvgIpc) is 2.90. The SMILES string of the molecule is CCCCCCC[C@]1(N)[C@@H]([C@H](O)CO)O[C@@H]2OC(C)(C)O[C@@H]21. The number of hydrogen-bond donors (Lipinski definition) is 3. The minimum Gasteiger partial charge on any atom is -0.394 e. The average molecular weight is 317 g/mol. The van der Waals surface area contributed by atoms with Gasteiger partial charge in [0, 0.05) is 0 Å². The molecular weight excluding hydrogens is 286 g/mol. The van der Waals surface area contributed by atoms with Crippen LogP contribution in [-0.4, -0.2) is 52.7 Å². The monoisotopic (exact) mass is 317 g/mol. The number of aliphatic hydroxyl groups is 2. The Hall–Kier alpha value is -0.240. The second-order valence-electron chi connectivity index (χ2n) is 7.01. The molecule has 2 fully saturated rings.